The summed E-state index contributed by atoms with van der Waals surface area (Å²) in [6, 6.07) is 6.90. The molecule has 1 aliphatic rings. The molecule has 0 heterocycles. The van der Waals surface area contributed by atoms with Gasteiger partial charge in [-0.2, -0.15) is 0 Å². The first-order chi connectivity index (χ1) is 9.08. The molecule has 1 saturated carbocycles. The van der Waals surface area contributed by atoms with Gasteiger partial charge in [-0.15, -0.1) is 0 Å². The number of ether oxygens (including phenoxy) is 1. The van der Waals surface area contributed by atoms with E-state index < -0.39 is 17.3 Å². The monoisotopic (exact) mass is 263 g/mol. The third-order valence-electron chi connectivity index (χ3n) is 3.47. The van der Waals surface area contributed by atoms with Gasteiger partial charge in [0.2, 0.25) is 5.91 Å². The number of carbonyl (C=O) groups is 2. The molecule has 1 aromatic rings. The maximum absolute atomic E-state index is 12.0. The SMILES string of the molecule is CCOc1ccc(NC(=O)C2(C(=O)O)CCC2)cc1. The molecular weight excluding hydrogens is 246 g/mol. The van der Waals surface area contributed by atoms with E-state index in [9.17, 15) is 9.59 Å². The zero-order valence-corrected chi connectivity index (χ0v) is 10.8. The van der Waals surface area contributed by atoms with E-state index >= 15 is 0 Å². The van der Waals surface area contributed by atoms with Crippen molar-refractivity contribution in [1.29, 1.82) is 0 Å². The van der Waals surface area contributed by atoms with Crippen molar-refractivity contribution >= 4 is 17.6 Å². The van der Waals surface area contributed by atoms with E-state index in [4.69, 9.17) is 9.84 Å². The Bertz CT molecular complexity index is 477. The van der Waals surface area contributed by atoms with Gasteiger partial charge in [-0.3, -0.25) is 9.59 Å². The molecule has 1 fully saturated rings. The van der Waals surface area contributed by atoms with Crippen LogP contribution in [-0.4, -0.2) is 23.6 Å². The number of nitrogens with one attached hydrogen (secondary N) is 1. The Labute approximate surface area is 111 Å². The van der Waals surface area contributed by atoms with Gasteiger partial charge in [0.25, 0.3) is 0 Å². The Hall–Kier alpha value is -2.04. The smallest absolute Gasteiger partial charge is 0.319 e. The number of carbonyl (C=O) groups excluding carboxylic acids is 1. The molecule has 1 aromatic carbocycles. The van der Waals surface area contributed by atoms with Crippen LogP contribution in [0.5, 0.6) is 5.75 Å². The summed E-state index contributed by atoms with van der Waals surface area (Å²) in [6.07, 6.45) is 1.60. The largest absolute Gasteiger partial charge is 0.494 e. The molecule has 5 heteroatoms. The zero-order chi connectivity index (χ0) is 13.9. The van der Waals surface area contributed by atoms with Crippen LogP contribution in [0.1, 0.15) is 26.2 Å². The van der Waals surface area contributed by atoms with Crippen LogP contribution in [0.4, 0.5) is 5.69 Å². The molecule has 0 atom stereocenters. The third kappa shape index (κ3) is 2.54. The van der Waals surface area contributed by atoms with E-state index in [2.05, 4.69) is 5.32 Å². The maximum Gasteiger partial charge on any atom is 0.319 e. The first-order valence-corrected chi connectivity index (χ1v) is 6.36. The van der Waals surface area contributed by atoms with Crippen molar-refractivity contribution in [2.45, 2.75) is 26.2 Å². The average Bonchev–Trinajstić information content (AvgIpc) is 2.30. The maximum atomic E-state index is 12.0. The minimum Gasteiger partial charge on any atom is -0.494 e. The fraction of sp³-hybridized carbons (Fsp3) is 0.429. The van der Waals surface area contributed by atoms with Gasteiger partial charge in [0, 0.05) is 5.69 Å². The molecule has 0 saturated heterocycles. The summed E-state index contributed by atoms with van der Waals surface area (Å²) in [5, 5.41) is 11.8. The molecule has 2 rings (SSSR count). The lowest BCUT2D eigenvalue weighted by atomic mass is 9.68. The van der Waals surface area contributed by atoms with Crippen LogP contribution in [0.2, 0.25) is 0 Å². The van der Waals surface area contributed by atoms with Crippen molar-refractivity contribution in [2.75, 3.05) is 11.9 Å². The summed E-state index contributed by atoms with van der Waals surface area (Å²) in [5.41, 5.74) is -0.653. The summed E-state index contributed by atoms with van der Waals surface area (Å²) in [4.78, 5) is 23.2. The molecule has 2 N–H and O–H groups in total. The lowest BCUT2D eigenvalue weighted by Gasteiger charge is -2.35. The molecule has 5 nitrogen and oxygen atoms in total. The molecule has 0 aromatic heterocycles. The van der Waals surface area contributed by atoms with Crippen molar-refractivity contribution in [1.82, 2.24) is 0 Å². The lowest BCUT2D eigenvalue weighted by Crippen LogP contribution is -2.48. The molecule has 0 aliphatic heterocycles. The fourth-order valence-corrected chi connectivity index (χ4v) is 2.12. The number of carboxylic acids is 1. The zero-order valence-electron chi connectivity index (χ0n) is 10.8. The fourth-order valence-electron chi connectivity index (χ4n) is 2.12. The number of amides is 1. The predicted octanol–water partition coefficient (Wildman–Crippen LogP) is 2.28. The number of anilines is 1. The molecule has 0 unspecified atom stereocenters. The number of benzene rings is 1. The standard InChI is InChI=1S/C14H17NO4/c1-2-19-11-6-4-10(5-7-11)15-12(16)14(13(17)18)8-3-9-14/h4-7H,2-3,8-9H2,1H3,(H,15,16)(H,17,18). The summed E-state index contributed by atoms with van der Waals surface area (Å²) in [5.74, 6) is -0.755. The van der Waals surface area contributed by atoms with Crippen LogP contribution in [-0.2, 0) is 9.59 Å². The molecular formula is C14H17NO4. The Kier molecular flexibility index (Phi) is 3.74. The number of hydrogen-bond donors (Lipinski definition) is 2. The Morgan fingerprint density at radius 2 is 1.95 bits per heavy atom. The van der Waals surface area contributed by atoms with Crippen molar-refractivity contribution < 1.29 is 19.4 Å². The summed E-state index contributed by atoms with van der Waals surface area (Å²) in [7, 11) is 0. The number of aliphatic carboxylic acids is 1. The second-order valence-electron chi connectivity index (χ2n) is 4.65. The Balaban J connectivity index is 2.04. The van der Waals surface area contributed by atoms with Gasteiger partial charge in [-0.25, -0.2) is 0 Å². The summed E-state index contributed by atoms with van der Waals surface area (Å²) in [6.45, 7) is 2.47. The van der Waals surface area contributed by atoms with Crippen LogP contribution in [0.3, 0.4) is 0 Å². The Morgan fingerprint density at radius 1 is 1.32 bits per heavy atom. The second-order valence-corrected chi connectivity index (χ2v) is 4.65. The molecule has 1 aliphatic carbocycles. The van der Waals surface area contributed by atoms with Gasteiger partial charge < -0.3 is 15.2 Å². The minimum atomic E-state index is -1.24. The molecule has 0 bridgehead atoms. The molecule has 0 radical (unpaired) electrons. The van der Waals surface area contributed by atoms with Crippen LogP contribution >= 0.6 is 0 Å². The second kappa shape index (κ2) is 5.30. The third-order valence-corrected chi connectivity index (χ3v) is 3.47. The highest BCUT2D eigenvalue weighted by Gasteiger charge is 2.51. The van der Waals surface area contributed by atoms with Crippen molar-refractivity contribution in [3.05, 3.63) is 24.3 Å². The minimum absolute atomic E-state index is 0.408. The van der Waals surface area contributed by atoms with Crippen LogP contribution in [0.15, 0.2) is 24.3 Å². The van der Waals surface area contributed by atoms with Crippen molar-refractivity contribution in [2.24, 2.45) is 5.41 Å². The van der Waals surface area contributed by atoms with Gasteiger partial charge >= 0.3 is 5.97 Å². The normalized spacial score (nSPS) is 16.3. The van der Waals surface area contributed by atoms with E-state index in [1.165, 1.54) is 0 Å². The highest BCUT2D eigenvalue weighted by Crippen LogP contribution is 2.42. The van der Waals surface area contributed by atoms with Gasteiger partial charge in [0.05, 0.1) is 6.61 Å². The topological polar surface area (TPSA) is 75.6 Å². The lowest BCUT2D eigenvalue weighted by molar-refractivity contribution is -0.159. The summed E-state index contributed by atoms with van der Waals surface area (Å²) >= 11 is 0. The van der Waals surface area contributed by atoms with Gasteiger partial charge in [-0.05, 0) is 44.0 Å². The van der Waals surface area contributed by atoms with Crippen LogP contribution in [0.25, 0.3) is 0 Å². The average molecular weight is 263 g/mol. The molecule has 19 heavy (non-hydrogen) atoms. The van der Waals surface area contributed by atoms with Crippen LogP contribution < -0.4 is 10.1 Å². The predicted molar refractivity (Wildman–Crippen MR) is 70.2 cm³/mol. The number of rotatable bonds is 5. The molecule has 1 amide bonds. The van der Waals surface area contributed by atoms with E-state index in [1.54, 1.807) is 24.3 Å². The Morgan fingerprint density at radius 3 is 2.37 bits per heavy atom. The van der Waals surface area contributed by atoms with Crippen molar-refractivity contribution in [3.63, 3.8) is 0 Å². The first-order valence-electron chi connectivity index (χ1n) is 6.36. The van der Waals surface area contributed by atoms with Crippen LogP contribution in [0, 0.1) is 5.41 Å². The molecule has 102 valence electrons. The molecule has 0 spiro atoms. The summed E-state index contributed by atoms with van der Waals surface area (Å²) < 4.78 is 5.30. The van der Waals surface area contributed by atoms with Crippen molar-refractivity contribution in [3.8, 4) is 5.75 Å². The quantitative estimate of drug-likeness (QED) is 0.799. The van der Waals surface area contributed by atoms with E-state index in [-0.39, 0.29) is 0 Å². The van der Waals surface area contributed by atoms with E-state index in [1.807, 2.05) is 6.92 Å². The highest BCUT2D eigenvalue weighted by molar-refractivity contribution is 6.09. The first kappa shape index (κ1) is 13.4. The van der Waals surface area contributed by atoms with E-state index in [0.29, 0.717) is 25.1 Å². The highest BCUT2D eigenvalue weighted by atomic mass is 16.5. The number of hydrogen-bond acceptors (Lipinski definition) is 3. The van der Waals surface area contributed by atoms with Gasteiger partial charge in [0.1, 0.15) is 11.2 Å². The van der Waals surface area contributed by atoms with E-state index in [0.717, 1.165) is 12.2 Å². The number of carboxylic acid groups (broad SMARTS) is 1. The van der Waals surface area contributed by atoms with Gasteiger partial charge in [-0.1, -0.05) is 6.42 Å². The van der Waals surface area contributed by atoms with Gasteiger partial charge in [0.15, 0.2) is 0 Å².